The first-order chi connectivity index (χ1) is 17.7. The highest BCUT2D eigenvalue weighted by Crippen LogP contribution is 2.31. The van der Waals surface area contributed by atoms with Gasteiger partial charge in [-0.25, -0.2) is 9.59 Å². The number of pyridine rings is 1. The van der Waals surface area contributed by atoms with Crippen molar-refractivity contribution in [2.45, 2.75) is 57.7 Å². The second kappa shape index (κ2) is 13.6. The predicted molar refractivity (Wildman–Crippen MR) is 120 cm³/mol. The Labute approximate surface area is 214 Å². The van der Waals surface area contributed by atoms with Crippen LogP contribution in [-0.2, 0) is 34.0 Å². The van der Waals surface area contributed by atoms with Crippen LogP contribution in [0.4, 0.5) is 26.3 Å². The SMILES string of the molecule is CCn1cc2c(n1)CN(Cc1ccccn1)CC2COCC1CC1.O=C(O)C(F)(F)F.O=C(O)C(F)(F)F. The minimum atomic E-state index is -5.08. The maximum atomic E-state index is 10.6. The van der Waals surface area contributed by atoms with Crippen LogP contribution < -0.4 is 0 Å². The molecule has 1 fully saturated rings. The van der Waals surface area contributed by atoms with Gasteiger partial charge < -0.3 is 14.9 Å². The largest absolute Gasteiger partial charge is 0.490 e. The fraction of sp³-hybridized carbons (Fsp3) is 0.565. The van der Waals surface area contributed by atoms with Crippen LogP contribution in [0.5, 0.6) is 0 Å². The molecule has 2 aromatic rings. The predicted octanol–water partition coefficient (Wildman–Crippen LogP) is 4.09. The quantitative estimate of drug-likeness (QED) is 0.492. The first-order valence-electron chi connectivity index (χ1n) is 11.6. The molecule has 38 heavy (non-hydrogen) atoms. The molecular weight excluding hydrogens is 526 g/mol. The number of carbonyl (C=O) groups is 2. The molecule has 2 aromatic heterocycles. The monoisotopic (exact) mass is 554 g/mol. The van der Waals surface area contributed by atoms with Crippen molar-refractivity contribution in [1.29, 1.82) is 0 Å². The average molecular weight is 554 g/mol. The van der Waals surface area contributed by atoms with E-state index in [1.165, 1.54) is 24.1 Å². The summed E-state index contributed by atoms with van der Waals surface area (Å²) < 4.78 is 71.5. The van der Waals surface area contributed by atoms with Gasteiger partial charge in [-0.05, 0) is 37.8 Å². The molecular formula is C23H28F6N4O5. The number of carboxylic acids is 2. The van der Waals surface area contributed by atoms with Crippen molar-refractivity contribution in [3.63, 3.8) is 0 Å². The molecule has 2 aliphatic rings. The molecule has 0 spiro atoms. The number of fused-ring (bicyclic) bond motifs is 1. The van der Waals surface area contributed by atoms with Gasteiger partial charge in [0.05, 0.1) is 18.0 Å². The minimum absolute atomic E-state index is 0.413. The Morgan fingerprint density at radius 1 is 1.05 bits per heavy atom. The molecule has 0 amide bonds. The molecule has 1 saturated carbocycles. The van der Waals surface area contributed by atoms with Crippen molar-refractivity contribution in [1.82, 2.24) is 19.7 Å². The van der Waals surface area contributed by atoms with E-state index in [9.17, 15) is 26.3 Å². The number of carboxylic acid groups (broad SMARTS) is 2. The van der Waals surface area contributed by atoms with Gasteiger partial charge in [0.1, 0.15) is 0 Å². The van der Waals surface area contributed by atoms with E-state index >= 15 is 0 Å². The molecule has 1 aliphatic heterocycles. The Morgan fingerprint density at radius 2 is 1.66 bits per heavy atom. The van der Waals surface area contributed by atoms with E-state index in [-0.39, 0.29) is 0 Å². The number of hydrogen-bond donors (Lipinski definition) is 2. The number of aliphatic carboxylic acids is 2. The van der Waals surface area contributed by atoms with Gasteiger partial charge in [0.15, 0.2) is 0 Å². The summed E-state index contributed by atoms with van der Waals surface area (Å²) in [4.78, 5) is 24.7. The van der Waals surface area contributed by atoms with E-state index < -0.39 is 24.3 Å². The smallest absolute Gasteiger partial charge is 0.475 e. The van der Waals surface area contributed by atoms with E-state index in [0.717, 1.165) is 51.0 Å². The van der Waals surface area contributed by atoms with Crippen LogP contribution in [-0.4, -0.2) is 73.9 Å². The summed E-state index contributed by atoms with van der Waals surface area (Å²) in [5, 5.41) is 19.0. The Hall–Kier alpha value is -3.20. The fourth-order valence-corrected chi connectivity index (χ4v) is 3.43. The molecule has 0 bridgehead atoms. The van der Waals surface area contributed by atoms with E-state index in [0.29, 0.717) is 5.92 Å². The zero-order valence-corrected chi connectivity index (χ0v) is 20.4. The van der Waals surface area contributed by atoms with Gasteiger partial charge in [-0.2, -0.15) is 31.4 Å². The first-order valence-corrected chi connectivity index (χ1v) is 11.6. The van der Waals surface area contributed by atoms with Crippen LogP contribution in [0.3, 0.4) is 0 Å². The first kappa shape index (κ1) is 31.0. The van der Waals surface area contributed by atoms with Crippen LogP contribution in [0.2, 0.25) is 0 Å². The Morgan fingerprint density at radius 3 is 2.13 bits per heavy atom. The zero-order valence-electron chi connectivity index (χ0n) is 20.4. The van der Waals surface area contributed by atoms with Gasteiger partial charge in [-0.3, -0.25) is 14.6 Å². The Kier molecular flexibility index (Phi) is 11.1. The normalized spacial score (nSPS) is 17.4. The summed E-state index contributed by atoms with van der Waals surface area (Å²) in [6.45, 7) is 7.58. The van der Waals surface area contributed by atoms with E-state index in [1.54, 1.807) is 0 Å². The lowest BCUT2D eigenvalue weighted by atomic mass is 9.95. The number of nitrogens with zero attached hydrogens (tertiary/aromatic N) is 4. The third-order valence-corrected chi connectivity index (χ3v) is 5.45. The Balaban J connectivity index is 0.000000301. The molecule has 1 atom stereocenters. The molecule has 4 rings (SSSR count). The highest BCUT2D eigenvalue weighted by atomic mass is 19.4. The third-order valence-electron chi connectivity index (χ3n) is 5.45. The number of aromatic nitrogens is 3. The highest BCUT2D eigenvalue weighted by Gasteiger charge is 2.39. The second-order valence-electron chi connectivity index (χ2n) is 8.66. The van der Waals surface area contributed by atoms with Crippen LogP contribution >= 0.6 is 0 Å². The van der Waals surface area contributed by atoms with Crippen LogP contribution in [0.25, 0.3) is 0 Å². The molecule has 0 saturated heterocycles. The van der Waals surface area contributed by atoms with Crippen LogP contribution in [0.15, 0.2) is 30.6 Å². The molecule has 15 heteroatoms. The summed E-state index contributed by atoms with van der Waals surface area (Å²) in [6, 6.07) is 6.12. The Bertz CT molecular complexity index is 1020. The second-order valence-corrected chi connectivity index (χ2v) is 8.66. The lowest BCUT2D eigenvalue weighted by Gasteiger charge is -2.31. The zero-order chi connectivity index (χ0) is 28.5. The van der Waals surface area contributed by atoms with Gasteiger partial charge in [-0.15, -0.1) is 0 Å². The highest BCUT2D eigenvalue weighted by molar-refractivity contribution is 5.73. The number of ether oxygens (including phenoxy) is 1. The lowest BCUT2D eigenvalue weighted by molar-refractivity contribution is -0.193. The summed E-state index contributed by atoms with van der Waals surface area (Å²) in [6.07, 6.45) is -3.39. The van der Waals surface area contributed by atoms with Crippen molar-refractivity contribution in [3.05, 3.63) is 47.5 Å². The molecule has 2 N–H and O–H groups in total. The van der Waals surface area contributed by atoms with Gasteiger partial charge >= 0.3 is 24.3 Å². The van der Waals surface area contributed by atoms with Crippen LogP contribution in [0.1, 0.15) is 42.6 Å². The number of alkyl halides is 6. The van der Waals surface area contributed by atoms with Crippen molar-refractivity contribution in [2.24, 2.45) is 5.92 Å². The molecule has 1 unspecified atom stereocenters. The van der Waals surface area contributed by atoms with E-state index in [2.05, 4.69) is 39.8 Å². The third kappa shape index (κ3) is 10.7. The molecule has 3 heterocycles. The summed E-state index contributed by atoms with van der Waals surface area (Å²) in [7, 11) is 0. The van der Waals surface area contributed by atoms with Crippen molar-refractivity contribution >= 4 is 11.9 Å². The number of halogens is 6. The van der Waals surface area contributed by atoms with Crippen molar-refractivity contribution in [2.75, 3.05) is 19.8 Å². The molecule has 212 valence electrons. The number of rotatable bonds is 7. The fourth-order valence-electron chi connectivity index (χ4n) is 3.43. The average Bonchev–Trinajstić information content (AvgIpc) is 3.55. The lowest BCUT2D eigenvalue weighted by Crippen LogP contribution is -2.35. The molecule has 9 nitrogen and oxygen atoms in total. The van der Waals surface area contributed by atoms with E-state index in [1.807, 2.05) is 12.3 Å². The maximum Gasteiger partial charge on any atom is 0.490 e. The molecule has 0 radical (unpaired) electrons. The summed E-state index contributed by atoms with van der Waals surface area (Å²) in [5.74, 6) is -4.28. The summed E-state index contributed by atoms with van der Waals surface area (Å²) >= 11 is 0. The van der Waals surface area contributed by atoms with Crippen molar-refractivity contribution in [3.8, 4) is 0 Å². The number of hydrogen-bond acceptors (Lipinski definition) is 6. The maximum absolute atomic E-state index is 10.6. The van der Waals surface area contributed by atoms with Gasteiger partial charge in [0.25, 0.3) is 0 Å². The van der Waals surface area contributed by atoms with E-state index in [4.69, 9.17) is 29.6 Å². The van der Waals surface area contributed by atoms with Gasteiger partial charge in [-0.1, -0.05) is 6.07 Å². The summed E-state index contributed by atoms with van der Waals surface area (Å²) in [5.41, 5.74) is 3.71. The standard InChI is InChI=1S/C19H26N4O.2C2HF3O2/c1-2-23-11-18-16(14-24-13-15-6-7-15)9-22(12-19(18)21-23)10-17-5-3-4-8-20-17;2*3-2(4,5)1(6)7/h3-5,8,11,15-16H,2,6-7,9-10,12-14H2,1H3;2*(H,6,7). The molecule has 0 aromatic carbocycles. The van der Waals surface area contributed by atoms with Crippen molar-refractivity contribution < 1.29 is 50.9 Å². The van der Waals surface area contributed by atoms with Gasteiger partial charge in [0.2, 0.25) is 0 Å². The topological polar surface area (TPSA) is 118 Å². The van der Waals surface area contributed by atoms with Crippen LogP contribution in [0, 0.1) is 5.92 Å². The number of aryl methyl sites for hydroxylation is 1. The molecule has 1 aliphatic carbocycles. The van der Waals surface area contributed by atoms with Gasteiger partial charge in [0, 0.05) is 56.7 Å². The minimum Gasteiger partial charge on any atom is -0.475 e.